The molecule has 2 heterocycles. The summed E-state index contributed by atoms with van der Waals surface area (Å²) in [4.78, 5) is 17.6. The van der Waals surface area contributed by atoms with Crippen molar-refractivity contribution < 1.29 is 9.18 Å². The van der Waals surface area contributed by atoms with Crippen LogP contribution in [0.15, 0.2) is 59.6 Å². The molecule has 7 heteroatoms. The molecule has 1 amide bonds. The Morgan fingerprint density at radius 3 is 2.69 bits per heavy atom. The topological polar surface area (TPSA) is 59.8 Å². The predicted octanol–water partition coefficient (Wildman–Crippen LogP) is 4.61. The van der Waals surface area contributed by atoms with Gasteiger partial charge in [0.15, 0.2) is 0 Å². The molecule has 29 heavy (non-hydrogen) atoms. The lowest BCUT2D eigenvalue weighted by Gasteiger charge is -2.13. The molecule has 150 valence electrons. The first-order chi connectivity index (χ1) is 14.2. The summed E-state index contributed by atoms with van der Waals surface area (Å²) in [5, 5.41) is 7.72. The molecule has 1 aliphatic rings. The van der Waals surface area contributed by atoms with E-state index in [1.165, 1.54) is 36.7 Å². The number of aromatic nitrogens is 3. The molecule has 1 aromatic carbocycles. The zero-order valence-corrected chi connectivity index (χ0v) is 16.9. The minimum absolute atomic E-state index is 0.0749. The SMILES string of the molecule is O=C(CSc1ccc(F)cc1)NCc1cc(-c2ccccn2)n(C2CCCC2)n1. The van der Waals surface area contributed by atoms with Crippen LogP contribution >= 0.6 is 11.8 Å². The fourth-order valence-electron chi connectivity index (χ4n) is 3.58. The molecule has 1 aliphatic carbocycles. The van der Waals surface area contributed by atoms with Crippen LogP contribution in [0.4, 0.5) is 4.39 Å². The third-order valence-electron chi connectivity index (χ3n) is 5.03. The van der Waals surface area contributed by atoms with Crippen LogP contribution in [-0.4, -0.2) is 26.4 Å². The van der Waals surface area contributed by atoms with E-state index in [1.807, 2.05) is 24.3 Å². The number of nitrogens with one attached hydrogen (secondary N) is 1. The van der Waals surface area contributed by atoms with Gasteiger partial charge in [-0.3, -0.25) is 14.5 Å². The van der Waals surface area contributed by atoms with Crippen molar-refractivity contribution in [2.45, 2.75) is 43.2 Å². The number of pyridine rings is 1. The fraction of sp³-hybridized carbons (Fsp3) is 0.318. The summed E-state index contributed by atoms with van der Waals surface area (Å²) in [7, 11) is 0. The smallest absolute Gasteiger partial charge is 0.230 e. The van der Waals surface area contributed by atoms with E-state index in [-0.39, 0.29) is 17.5 Å². The quantitative estimate of drug-likeness (QED) is 0.578. The number of carbonyl (C=O) groups excluding carboxylic acids is 1. The van der Waals surface area contributed by atoms with E-state index in [0.717, 1.165) is 34.8 Å². The normalized spacial score (nSPS) is 14.2. The van der Waals surface area contributed by atoms with Crippen LogP contribution in [0.25, 0.3) is 11.4 Å². The lowest BCUT2D eigenvalue weighted by atomic mass is 10.2. The molecule has 1 saturated carbocycles. The highest BCUT2D eigenvalue weighted by Gasteiger charge is 2.22. The van der Waals surface area contributed by atoms with Crippen LogP contribution in [0.1, 0.15) is 37.4 Å². The van der Waals surface area contributed by atoms with Gasteiger partial charge in [-0.05, 0) is 55.3 Å². The lowest BCUT2D eigenvalue weighted by molar-refractivity contribution is -0.118. The average molecular weight is 411 g/mol. The highest BCUT2D eigenvalue weighted by atomic mass is 32.2. The Kier molecular flexibility index (Phi) is 6.24. The molecule has 0 unspecified atom stereocenters. The summed E-state index contributed by atoms with van der Waals surface area (Å²) >= 11 is 1.38. The van der Waals surface area contributed by atoms with E-state index in [9.17, 15) is 9.18 Å². The van der Waals surface area contributed by atoms with Gasteiger partial charge in [0.05, 0.1) is 35.4 Å². The van der Waals surface area contributed by atoms with Crippen molar-refractivity contribution in [2.24, 2.45) is 0 Å². The largest absolute Gasteiger partial charge is 0.350 e. The molecule has 1 N–H and O–H groups in total. The van der Waals surface area contributed by atoms with E-state index >= 15 is 0 Å². The molecule has 0 bridgehead atoms. The first-order valence-corrected chi connectivity index (χ1v) is 10.8. The Bertz CT molecular complexity index is 953. The van der Waals surface area contributed by atoms with Gasteiger partial charge in [0.25, 0.3) is 0 Å². The summed E-state index contributed by atoms with van der Waals surface area (Å²) in [6.45, 7) is 0.377. The molecule has 0 saturated heterocycles. The number of benzene rings is 1. The predicted molar refractivity (Wildman–Crippen MR) is 112 cm³/mol. The van der Waals surface area contributed by atoms with Gasteiger partial charge in [-0.1, -0.05) is 18.9 Å². The van der Waals surface area contributed by atoms with Gasteiger partial charge in [0.2, 0.25) is 5.91 Å². The first-order valence-electron chi connectivity index (χ1n) is 9.84. The Balaban J connectivity index is 1.40. The highest BCUT2D eigenvalue weighted by molar-refractivity contribution is 8.00. The van der Waals surface area contributed by atoms with Crippen molar-refractivity contribution in [1.29, 1.82) is 0 Å². The second kappa shape index (κ2) is 9.22. The fourth-order valence-corrected chi connectivity index (χ4v) is 4.31. The van der Waals surface area contributed by atoms with E-state index < -0.39 is 0 Å². The van der Waals surface area contributed by atoms with Gasteiger partial charge in [-0.25, -0.2) is 4.39 Å². The van der Waals surface area contributed by atoms with E-state index in [0.29, 0.717) is 12.6 Å². The number of halogens is 1. The lowest BCUT2D eigenvalue weighted by Crippen LogP contribution is -2.24. The molecule has 1 fully saturated rings. The molecule has 4 rings (SSSR count). The monoisotopic (exact) mass is 410 g/mol. The van der Waals surface area contributed by atoms with Crippen molar-refractivity contribution in [3.8, 4) is 11.4 Å². The molecular weight excluding hydrogens is 387 g/mol. The third-order valence-corrected chi connectivity index (χ3v) is 6.05. The van der Waals surface area contributed by atoms with Crippen molar-refractivity contribution in [1.82, 2.24) is 20.1 Å². The van der Waals surface area contributed by atoms with Crippen molar-refractivity contribution in [3.05, 3.63) is 66.2 Å². The molecule has 5 nitrogen and oxygen atoms in total. The van der Waals surface area contributed by atoms with Gasteiger partial charge in [-0.2, -0.15) is 5.10 Å². The molecule has 0 radical (unpaired) electrons. The molecule has 0 atom stereocenters. The minimum Gasteiger partial charge on any atom is -0.350 e. The van der Waals surface area contributed by atoms with Gasteiger partial charge < -0.3 is 5.32 Å². The zero-order chi connectivity index (χ0) is 20.1. The highest BCUT2D eigenvalue weighted by Crippen LogP contribution is 2.33. The number of hydrogen-bond donors (Lipinski definition) is 1. The number of carbonyl (C=O) groups is 1. The van der Waals surface area contributed by atoms with Crippen LogP contribution in [-0.2, 0) is 11.3 Å². The maximum atomic E-state index is 13.0. The van der Waals surface area contributed by atoms with Crippen molar-refractivity contribution >= 4 is 17.7 Å². The summed E-state index contributed by atoms with van der Waals surface area (Å²) in [6.07, 6.45) is 6.48. The summed E-state index contributed by atoms with van der Waals surface area (Å²) in [6, 6.07) is 14.4. The maximum absolute atomic E-state index is 13.0. The number of rotatable bonds is 7. The van der Waals surface area contributed by atoms with Crippen molar-refractivity contribution in [2.75, 3.05) is 5.75 Å². The Morgan fingerprint density at radius 2 is 1.97 bits per heavy atom. The molecule has 3 aromatic rings. The van der Waals surface area contributed by atoms with Gasteiger partial charge in [-0.15, -0.1) is 11.8 Å². The van der Waals surface area contributed by atoms with E-state index in [4.69, 9.17) is 5.10 Å². The molecule has 0 spiro atoms. The average Bonchev–Trinajstić information content (AvgIpc) is 3.42. The number of thioether (sulfide) groups is 1. The van der Waals surface area contributed by atoms with Crippen LogP contribution in [0, 0.1) is 5.82 Å². The van der Waals surface area contributed by atoms with Gasteiger partial charge in [0.1, 0.15) is 5.82 Å². The molecule has 0 aliphatic heterocycles. The second-order valence-electron chi connectivity index (χ2n) is 7.14. The van der Waals surface area contributed by atoms with Crippen LogP contribution in [0.5, 0.6) is 0 Å². The van der Waals surface area contributed by atoms with Gasteiger partial charge in [0, 0.05) is 11.1 Å². The number of amides is 1. The Morgan fingerprint density at radius 1 is 1.17 bits per heavy atom. The Labute approximate surface area is 173 Å². The second-order valence-corrected chi connectivity index (χ2v) is 8.19. The van der Waals surface area contributed by atoms with Crippen LogP contribution in [0.2, 0.25) is 0 Å². The number of nitrogens with zero attached hydrogens (tertiary/aromatic N) is 3. The maximum Gasteiger partial charge on any atom is 0.230 e. The third kappa shape index (κ3) is 5.03. The van der Waals surface area contributed by atoms with E-state index in [2.05, 4.69) is 15.0 Å². The zero-order valence-electron chi connectivity index (χ0n) is 16.1. The summed E-state index contributed by atoms with van der Waals surface area (Å²) < 4.78 is 15.0. The first kappa shape index (κ1) is 19.6. The molecular formula is C22H23FN4OS. The number of hydrogen-bond acceptors (Lipinski definition) is 4. The summed E-state index contributed by atoms with van der Waals surface area (Å²) in [5.41, 5.74) is 2.73. The standard InChI is InChI=1S/C22H23FN4OS/c23-16-8-10-19(11-9-16)29-15-22(28)25-14-17-13-21(20-7-3-4-12-24-20)27(26-17)18-5-1-2-6-18/h3-4,7-13,18H,1-2,5-6,14-15H2,(H,25,28). The van der Waals surface area contributed by atoms with E-state index in [1.54, 1.807) is 18.3 Å². The molecule has 2 aromatic heterocycles. The Hall–Kier alpha value is -2.67. The van der Waals surface area contributed by atoms with Crippen LogP contribution < -0.4 is 5.32 Å². The van der Waals surface area contributed by atoms with Crippen molar-refractivity contribution in [3.63, 3.8) is 0 Å². The minimum atomic E-state index is -0.277. The van der Waals surface area contributed by atoms with Gasteiger partial charge >= 0.3 is 0 Å². The van der Waals surface area contributed by atoms with Crippen LogP contribution in [0.3, 0.4) is 0 Å². The summed E-state index contributed by atoms with van der Waals surface area (Å²) in [5.74, 6) is -0.0725.